The Morgan fingerprint density at radius 2 is 1.74 bits per heavy atom. The van der Waals surface area contributed by atoms with E-state index in [1.54, 1.807) is 48.5 Å². The maximum absolute atomic E-state index is 13.1. The minimum atomic E-state index is -3.70. The number of fused-ring (bicyclic) bond motifs is 1. The van der Waals surface area contributed by atoms with E-state index in [0.717, 1.165) is 18.4 Å². The molecular formula is C19H24N2O4S2. The summed E-state index contributed by atoms with van der Waals surface area (Å²) in [6, 6.07) is 13.4. The Morgan fingerprint density at radius 3 is 2.41 bits per heavy atom. The molecule has 27 heavy (non-hydrogen) atoms. The average molecular weight is 409 g/mol. The van der Waals surface area contributed by atoms with Crippen molar-refractivity contribution in [3.8, 4) is 0 Å². The van der Waals surface area contributed by atoms with Crippen molar-refractivity contribution in [3.05, 3.63) is 54.1 Å². The lowest BCUT2D eigenvalue weighted by Crippen LogP contribution is -2.35. The molecule has 6 nitrogen and oxygen atoms in total. The molecule has 0 radical (unpaired) electrons. The second-order valence-corrected chi connectivity index (χ2v) is 10.7. The van der Waals surface area contributed by atoms with Crippen LogP contribution in [-0.4, -0.2) is 29.1 Å². The Hall–Kier alpha value is -2.06. The van der Waals surface area contributed by atoms with E-state index in [-0.39, 0.29) is 16.6 Å². The van der Waals surface area contributed by atoms with Crippen LogP contribution in [-0.2, 0) is 26.5 Å². The van der Waals surface area contributed by atoms with Crippen molar-refractivity contribution in [1.29, 1.82) is 0 Å². The lowest BCUT2D eigenvalue weighted by Gasteiger charge is -2.31. The quantitative estimate of drug-likeness (QED) is 0.795. The summed E-state index contributed by atoms with van der Waals surface area (Å²) in [5.41, 5.74) is 1.81. The zero-order valence-electron chi connectivity index (χ0n) is 15.4. The van der Waals surface area contributed by atoms with Crippen molar-refractivity contribution in [2.45, 2.75) is 31.6 Å². The highest BCUT2D eigenvalue weighted by Crippen LogP contribution is 2.34. The van der Waals surface area contributed by atoms with Gasteiger partial charge in [-0.25, -0.2) is 16.8 Å². The van der Waals surface area contributed by atoms with Crippen LogP contribution < -0.4 is 9.03 Å². The van der Waals surface area contributed by atoms with Gasteiger partial charge in [0.1, 0.15) is 0 Å². The number of benzene rings is 2. The summed E-state index contributed by atoms with van der Waals surface area (Å²) in [7, 11) is -7.18. The fourth-order valence-electron chi connectivity index (χ4n) is 3.23. The molecule has 0 saturated carbocycles. The highest BCUT2D eigenvalue weighted by atomic mass is 32.2. The first kappa shape index (κ1) is 19.7. The molecule has 3 rings (SSSR count). The highest BCUT2D eigenvalue weighted by molar-refractivity contribution is 7.93. The van der Waals surface area contributed by atoms with Crippen molar-refractivity contribution in [2.24, 2.45) is 5.92 Å². The number of hydrogen-bond donors (Lipinski definition) is 1. The average Bonchev–Trinajstić information content (AvgIpc) is 2.60. The predicted molar refractivity (Wildman–Crippen MR) is 108 cm³/mol. The summed E-state index contributed by atoms with van der Waals surface area (Å²) in [6.45, 7) is 4.03. The first-order chi connectivity index (χ1) is 12.7. The molecule has 0 saturated heterocycles. The van der Waals surface area contributed by atoms with Crippen LogP contribution in [0.4, 0.5) is 11.4 Å². The fraction of sp³-hybridized carbons (Fsp3) is 0.368. The van der Waals surface area contributed by atoms with Crippen LogP contribution in [0.1, 0.15) is 25.8 Å². The summed E-state index contributed by atoms with van der Waals surface area (Å²) >= 11 is 0. The fourth-order valence-corrected chi connectivity index (χ4v) is 6.23. The van der Waals surface area contributed by atoms with Crippen molar-refractivity contribution in [2.75, 3.05) is 21.3 Å². The summed E-state index contributed by atoms with van der Waals surface area (Å²) in [4.78, 5) is 0.226. The van der Waals surface area contributed by atoms with Crippen LogP contribution in [0.2, 0.25) is 0 Å². The number of aryl methyl sites for hydroxylation is 1. The van der Waals surface area contributed by atoms with E-state index >= 15 is 0 Å². The molecule has 0 aliphatic carbocycles. The molecule has 0 amide bonds. The van der Waals surface area contributed by atoms with Crippen LogP contribution in [0, 0.1) is 5.92 Å². The first-order valence-corrected chi connectivity index (χ1v) is 12.0. The van der Waals surface area contributed by atoms with Gasteiger partial charge in [0.05, 0.1) is 22.0 Å². The molecule has 1 aliphatic rings. The third-order valence-electron chi connectivity index (χ3n) is 4.32. The smallest absolute Gasteiger partial charge is 0.264 e. The van der Waals surface area contributed by atoms with Gasteiger partial charge in [-0.15, -0.1) is 0 Å². The Kier molecular flexibility index (Phi) is 5.48. The van der Waals surface area contributed by atoms with Crippen LogP contribution in [0.3, 0.4) is 0 Å². The van der Waals surface area contributed by atoms with Gasteiger partial charge in [0.25, 0.3) is 10.0 Å². The molecule has 0 atom stereocenters. The van der Waals surface area contributed by atoms with Crippen molar-refractivity contribution in [3.63, 3.8) is 0 Å². The molecular weight excluding hydrogens is 384 g/mol. The van der Waals surface area contributed by atoms with Crippen molar-refractivity contribution >= 4 is 31.4 Å². The van der Waals surface area contributed by atoms with E-state index in [1.165, 1.54) is 4.31 Å². The lowest BCUT2D eigenvalue weighted by molar-refractivity contribution is 0.586. The van der Waals surface area contributed by atoms with Crippen LogP contribution in [0.5, 0.6) is 0 Å². The van der Waals surface area contributed by atoms with E-state index in [2.05, 4.69) is 4.72 Å². The third kappa shape index (κ3) is 4.44. The monoisotopic (exact) mass is 408 g/mol. The number of hydrogen-bond acceptors (Lipinski definition) is 4. The Morgan fingerprint density at radius 1 is 1.04 bits per heavy atom. The van der Waals surface area contributed by atoms with Gasteiger partial charge in [-0.2, -0.15) is 0 Å². The largest absolute Gasteiger partial charge is 0.283 e. The molecule has 1 aliphatic heterocycles. The van der Waals surface area contributed by atoms with Gasteiger partial charge < -0.3 is 0 Å². The molecule has 2 aromatic carbocycles. The second-order valence-electron chi connectivity index (χ2n) is 7.11. The molecule has 2 aromatic rings. The molecule has 8 heteroatoms. The molecule has 146 valence electrons. The predicted octanol–water partition coefficient (Wildman–Crippen LogP) is 3.23. The number of nitrogens with one attached hydrogen (secondary N) is 1. The maximum atomic E-state index is 13.1. The Balaban J connectivity index is 1.98. The van der Waals surface area contributed by atoms with Gasteiger partial charge in [-0.1, -0.05) is 38.1 Å². The van der Waals surface area contributed by atoms with E-state index in [1.807, 2.05) is 13.8 Å². The Labute approximate surface area is 161 Å². The van der Waals surface area contributed by atoms with E-state index in [9.17, 15) is 16.8 Å². The first-order valence-electron chi connectivity index (χ1n) is 8.90. The minimum Gasteiger partial charge on any atom is -0.283 e. The Bertz CT molecular complexity index is 1020. The van der Waals surface area contributed by atoms with Crippen molar-refractivity contribution in [1.82, 2.24) is 0 Å². The third-order valence-corrected chi connectivity index (χ3v) is 7.80. The van der Waals surface area contributed by atoms with Gasteiger partial charge in [-0.3, -0.25) is 9.03 Å². The second kappa shape index (κ2) is 7.52. The van der Waals surface area contributed by atoms with E-state index in [4.69, 9.17) is 0 Å². The standard InChI is InChI=1S/C19H24N2O4S2/c1-15(2)14-26(22,23)20-17-11-10-16-7-6-12-21(19(16)13-17)27(24,25)18-8-4-3-5-9-18/h3-5,8-11,13,15,20H,6-7,12,14H2,1-2H3. The number of anilines is 2. The molecule has 0 fully saturated rings. The van der Waals surface area contributed by atoms with Gasteiger partial charge in [0.2, 0.25) is 10.0 Å². The maximum Gasteiger partial charge on any atom is 0.264 e. The van der Waals surface area contributed by atoms with Gasteiger partial charge in [0, 0.05) is 6.54 Å². The normalized spacial score (nSPS) is 14.9. The highest BCUT2D eigenvalue weighted by Gasteiger charge is 2.29. The molecule has 0 aromatic heterocycles. The molecule has 0 unspecified atom stereocenters. The molecule has 0 spiro atoms. The summed E-state index contributed by atoms with van der Waals surface area (Å²) in [6.07, 6.45) is 1.48. The van der Waals surface area contributed by atoms with Crippen LogP contribution in [0.15, 0.2) is 53.4 Å². The minimum absolute atomic E-state index is 0.00455. The molecule has 1 heterocycles. The van der Waals surface area contributed by atoms with E-state index < -0.39 is 20.0 Å². The topological polar surface area (TPSA) is 83.6 Å². The summed E-state index contributed by atoms with van der Waals surface area (Å²) in [5.74, 6) is 0.00548. The van der Waals surface area contributed by atoms with Crippen LogP contribution >= 0.6 is 0 Å². The summed E-state index contributed by atoms with van der Waals surface area (Å²) in [5, 5.41) is 0. The number of rotatable bonds is 6. The SMILES string of the molecule is CC(C)CS(=O)(=O)Nc1ccc2c(c1)N(S(=O)(=O)c1ccccc1)CCC2. The zero-order valence-corrected chi connectivity index (χ0v) is 17.1. The summed E-state index contributed by atoms with van der Waals surface area (Å²) < 4.78 is 54.6. The van der Waals surface area contributed by atoms with Gasteiger partial charge >= 0.3 is 0 Å². The lowest BCUT2D eigenvalue weighted by atomic mass is 10.0. The number of nitrogens with zero attached hydrogens (tertiary/aromatic N) is 1. The molecule has 0 bridgehead atoms. The van der Waals surface area contributed by atoms with Gasteiger partial charge in [0.15, 0.2) is 0 Å². The number of sulfonamides is 2. The molecule has 1 N–H and O–H groups in total. The van der Waals surface area contributed by atoms with Crippen LogP contribution in [0.25, 0.3) is 0 Å². The zero-order chi connectivity index (χ0) is 19.7. The van der Waals surface area contributed by atoms with Gasteiger partial charge in [-0.05, 0) is 48.6 Å². The van der Waals surface area contributed by atoms with E-state index in [0.29, 0.717) is 17.9 Å². The van der Waals surface area contributed by atoms with Crippen molar-refractivity contribution < 1.29 is 16.8 Å².